The van der Waals surface area contributed by atoms with Crippen LogP contribution in [0.15, 0.2) is 24.3 Å². The second-order valence-electron chi connectivity index (χ2n) is 5.88. The lowest BCUT2D eigenvalue weighted by Gasteiger charge is -2.34. The Bertz CT molecular complexity index is 699. The van der Waals surface area contributed by atoms with Crippen LogP contribution in [-0.2, 0) is 4.79 Å². The highest BCUT2D eigenvalue weighted by atomic mass is 35.5. The van der Waals surface area contributed by atoms with Crippen molar-refractivity contribution in [2.45, 2.75) is 19.8 Å². The van der Waals surface area contributed by atoms with Gasteiger partial charge in [0.2, 0.25) is 11.0 Å². The van der Waals surface area contributed by atoms with E-state index in [2.05, 4.69) is 15.1 Å². The number of nitrogens with zero attached hydrogens (tertiary/aromatic N) is 4. The fourth-order valence-electron chi connectivity index (χ4n) is 2.66. The molecule has 1 fully saturated rings. The topological polar surface area (TPSA) is 58.6 Å². The quantitative estimate of drug-likeness (QED) is 0.721. The van der Waals surface area contributed by atoms with Gasteiger partial charge in [0.1, 0.15) is 10.8 Å². The predicted molar refractivity (Wildman–Crippen MR) is 99.6 cm³/mol. The van der Waals surface area contributed by atoms with Gasteiger partial charge in [-0.1, -0.05) is 22.9 Å². The van der Waals surface area contributed by atoms with Crippen LogP contribution in [0.3, 0.4) is 0 Å². The molecule has 0 spiro atoms. The fraction of sp³-hybridized carbons (Fsp3) is 0.471. The number of hydrogen-bond donors (Lipinski definition) is 0. The van der Waals surface area contributed by atoms with Gasteiger partial charge in [0.25, 0.3) is 0 Å². The molecular formula is C17H21ClN4O2S. The highest BCUT2D eigenvalue weighted by Gasteiger charge is 2.22. The number of aryl methyl sites for hydroxylation is 1. The van der Waals surface area contributed by atoms with Crippen molar-refractivity contribution in [3.8, 4) is 5.75 Å². The van der Waals surface area contributed by atoms with E-state index < -0.39 is 0 Å². The standard InChI is InChI=1S/C17H21ClN4O2S/c1-13-19-20-17(25-13)22-10-8-21(9-11-22)16(23)3-2-12-24-15-6-4-14(18)5-7-15/h4-7H,2-3,8-12H2,1H3. The maximum absolute atomic E-state index is 12.3. The lowest BCUT2D eigenvalue weighted by atomic mass is 10.2. The molecule has 1 aromatic heterocycles. The molecule has 134 valence electrons. The van der Waals surface area contributed by atoms with Gasteiger partial charge < -0.3 is 14.5 Å². The Morgan fingerprint density at radius 1 is 1.20 bits per heavy atom. The summed E-state index contributed by atoms with van der Waals surface area (Å²) in [6, 6.07) is 7.25. The van der Waals surface area contributed by atoms with Crippen molar-refractivity contribution in [3.63, 3.8) is 0 Å². The van der Waals surface area contributed by atoms with Crippen molar-refractivity contribution in [3.05, 3.63) is 34.3 Å². The smallest absolute Gasteiger partial charge is 0.222 e. The van der Waals surface area contributed by atoms with Gasteiger partial charge in [0.05, 0.1) is 6.61 Å². The molecule has 1 aliphatic rings. The number of ether oxygens (including phenoxy) is 1. The first-order chi connectivity index (χ1) is 12.1. The number of aromatic nitrogens is 2. The Hall–Kier alpha value is -1.86. The van der Waals surface area contributed by atoms with Crippen molar-refractivity contribution >= 4 is 34.0 Å². The van der Waals surface area contributed by atoms with Crippen LogP contribution in [0.4, 0.5) is 5.13 Å². The zero-order valence-electron chi connectivity index (χ0n) is 14.2. The van der Waals surface area contributed by atoms with Gasteiger partial charge in [-0.3, -0.25) is 4.79 Å². The van der Waals surface area contributed by atoms with Crippen LogP contribution in [0.25, 0.3) is 0 Å². The van der Waals surface area contributed by atoms with Crippen molar-refractivity contribution in [1.82, 2.24) is 15.1 Å². The van der Waals surface area contributed by atoms with Crippen molar-refractivity contribution in [2.24, 2.45) is 0 Å². The third-order valence-corrected chi connectivity index (χ3v) is 5.19. The molecule has 1 aliphatic heterocycles. The Morgan fingerprint density at radius 2 is 1.92 bits per heavy atom. The number of carbonyl (C=O) groups is 1. The molecule has 0 aliphatic carbocycles. The highest BCUT2D eigenvalue weighted by Crippen LogP contribution is 2.21. The van der Waals surface area contributed by atoms with Crippen molar-refractivity contribution in [2.75, 3.05) is 37.7 Å². The molecule has 2 heterocycles. The minimum absolute atomic E-state index is 0.188. The molecule has 3 rings (SSSR count). The third kappa shape index (κ3) is 5.06. The molecule has 25 heavy (non-hydrogen) atoms. The van der Waals surface area contributed by atoms with E-state index in [1.165, 1.54) is 0 Å². The van der Waals surface area contributed by atoms with Gasteiger partial charge in [0.15, 0.2) is 0 Å². The third-order valence-electron chi connectivity index (χ3n) is 4.04. The van der Waals surface area contributed by atoms with E-state index in [0.29, 0.717) is 24.5 Å². The number of piperazine rings is 1. The summed E-state index contributed by atoms with van der Waals surface area (Å²) in [6.07, 6.45) is 1.21. The number of anilines is 1. The Labute approximate surface area is 156 Å². The van der Waals surface area contributed by atoms with Crippen LogP contribution < -0.4 is 9.64 Å². The molecule has 0 N–H and O–H groups in total. The van der Waals surface area contributed by atoms with Crippen LogP contribution in [0.5, 0.6) is 5.75 Å². The first-order valence-electron chi connectivity index (χ1n) is 8.33. The number of amides is 1. The van der Waals surface area contributed by atoms with E-state index in [1.54, 1.807) is 23.5 Å². The van der Waals surface area contributed by atoms with Crippen molar-refractivity contribution < 1.29 is 9.53 Å². The summed E-state index contributed by atoms with van der Waals surface area (Å²) in [5.74, 6) is 0.964. The second kappa shape index (κ2) is 8.49. The van der Waals surface area contributed by atoms with Gasteiger partial charge in [0, 0.05) is 37.6 Å². The Morgan fingerprint density at radius 3 is 2.56 bits per heavy atom. The molecule has 0 unspecified atom stereocenters. The molecule has 8 heteroatoms. The largest absolute Gasteiger partial charge is 0.494 e. The van der Waals surface area contributed by atoms with E-state index in [1.807, 2.05) is 24.0 Å². The van der Waals surface area contributed by atoms with E-state index in [4.69, 9.17) is 16.3 Å². The molecule has 0 bridgehead atoms. The van der Waals surface area contributed by atoms with E-state index in [9.17, 15) is 4.79 Å². The summed E-state index contributed by atoms with van der Waals surface area (Å²) in [4.78, 5) is 16.4. The molecular weight excluding hydrogens is 360 g/mol. The summed E-state index contributed by atoms with van der Waals surface area (Å²) >= 11 is 7.43. The van der Waals surface area contributed by atoms with Crippen LogP contribution in [-0.4, -0.2) is 53.8 Å². The monoisotopic (exact) mass is 380 g/mol. The molecule has 2 aromatic rings. The average molecular weight is 381 g/mol. The average Bonchev–Trinajstić information content (AvgIpc) is 3.06. The Balaban J connectivity index is 1.36. The van der Waals surface area contributed by atoms with E-state index >= 15 is 0 Å². The zero-order valence-corrected chi connectivity index (χ0v) is 15.7. The summed E-state index contributed by atoms with van der Waals surface area (Å²) in [7, 11) is 0. The normalized spacial score (nSPS) is 14.6. The molecule has 1 saturated heterocycles. The van der Waals surface area contributed by atoms with Crippen LogP contribution >= 0.6 is 22.9 Å². The SMILES string of the molecule is Cc1nnc(N2CCN(C(=O)CCCOc3ccc(Cl)cc3)CC2)s1. The van der Waals surface area contributed by atoms with E-state index in [0.717, 1.165) is 42.1 Å². The lowest BCUT2D eigenvalue weighted by Crippen LogP contribution is -2.48. The molecule has 1 aromatic carbocycles. The molecule has 1 amide bonds. The van der Waals surface area contributed by atoms with Gasteiger partial charge in [-0.15, -0.1) is 10.2 Å². The first-order valence-corrected chi connectivity index (χ1v) is 9.52. The number of hydrogen-bond acceptors (Lipinski definition) is 6. The van der Waals surface area contributed by atoms with Crippen molar-refractivity contribution in [1.29, 1.82) is 0 Å². The van der Waals surface area contributed by atoms with Crippen LogP contribution in [0.2, 0.25) is 5.02 Å². The Kier molecular flexibility index (Phi) is 6.09. The highest BCUT2D eigenvalue weighted by molar-refractivity contribution is 7.15. The second-order valence-corrected chi connectivity index (χ2v) is 7.47. The maximum atomic E-state index is 12.3. The first kappa shape index (κ1) is 17.9. The number of rotatable bonds is 6. The zero-order chi connectivity index (χ0) is 17.6. The molecule has 0 atom stereocenters. The lowest BCUT2D eigenvalue weighted by molar-refractivity contribution is -0.131. The maximum Gasteiger partial charge on any atom is 0.222 e. The number of carbonyl (C=O) groups excluding carboxylic acids is 1. The number of halogens is 1. The summed E-state index contributed by atoms with van der Waals surface area (Å²) in [6.45, 7) is 5.55. The summed E-state index contributed by atoms with van der Waals surface area (Å²) < 4.78 is 5.62. The molecule has 0 saturated carbocycles. The molecule has 0 radical (unpaired) electrons. The number of benzene rings is 1. The molecule has 6 nitrogen and oxygen atoms in total. The minimum atomic E-state index is 0.188. The van der Waals surface area contributed by atoms with Gasteiger partial charge >= 0.3 is 0 Å². The predicted octanol–water partition coefficient (Wildman–Crippen LogP) is 3.01. The van der Waals surface area contributed by atoms with Gasteiger partial charge in [-0.25, -0.2) is 0 Å². The van der Waals surface area contributed by atoms with Crippen LogP contribution in [0.1, 0.15) is 17.8 Å². The minimum Gasteiger partial charge on any atom is -0.494 e. The fourth-order valence-corrected chi connectivity index (χ4v) is 3.53. The van der Waals surface area contributed by atoms with Gasteiger partial charge in [-0.05, 0) is 37.6 Å². The van der Waals surface area contributed by atoms with E-state index in [-0.39, 0.29) is 5.91 Å². The van der Waals surface area contributed by atoms with Crippen LogP contribution in [0, 0.1) is 6.92 Å². The van der Waals surface area contributed by atoms with Gasteiger partial charge in [-0.2, -0.15) is 0 Å². The summed E-state index contributed by atoms with van der Waals surface area (Å²) in [5, 5.41) is 10.8. The summed E-state index contributed by atoms with van der Waals surface area (Å²) in [5.41, 5.74) is 0.